The Morgan fingerprint density at radius 2 is 1.86 bits per heavy atom. The lowest BCUT2D eigenvalue weighted by molar-refractivity contribution is 0.0938. The fraction of sp³-hybridized carbons (Fsp3) is 0.345. The third-order valence-electron chi connectivity index (χ3n) is 6.24. The number of hydrogen-bond acceptors (Lipinski definition) is 6. The summed E-state index contributed by atoms with van der Waals surface area (Å²) in [6.07, 6.45) is 5.83. The number of likely N-dealkylation sites (N-methyl/N-ethyl adjacent to an activating group) is 1. The van der Waals surface area contributed by atoms with Gasteiger partial charge in [0.15, 0.2) is 0 Å². The molecule has 0 bridgehead atoms. The van der Waals surface area contributed by atoms with Gasteiger partial charge in [-0.05, 0) is 94.4 Å². The van der Waals surface area contributed by atoms with Gasteiger partial charge in [0.1, 0.15) is 12.4 Å². The quantitative estimate of drug-likeness (QED) is 0.280. The van der Waals surface area contributed by atoms with Gasteiger partial charge in [0.2, 0.25) is 0 Å². The second-order valence-corrected chi connectivity index (χ2v) is 10.7. The summed E-state index contributed by atoms with van der Waals surface area (Å²) in [5.41, 5.74) is 7.54. The summed E-state index contributed by atoms with van der Waals surface area (Å²) in [5, 5.41) is 7.71. The summed E-state index contributed by atoms with van der Waals surface area (Å²) in [6, 6.07) is 12.2. The molecule has 7 nitrogen and oxygen atoms in total. The fourth-order valence-electron chi connectivity index (χ4n) is 3.98. The molecular formula is C29H35N5O2S. The van der Waals surface area contributed by atoms with Crippen LogP contribution in [0, 0.1) is 6.92 Å². The van der Waals surface area contributed by atoms with Crippen LogP contribution < -0.4 is 10.1 Å². The zero-order valence-electron chi connectivity index (χ0n) is 22.4. The number of benzene rings is 2. The molecule has 194 valence electrons. The molecule has 0 aliphatic rings. The Balaban J connectivity index is 1.59. The summed E-state index contributed by atoms with van der Waals surface area (Å²) < 4.78 is 7.81. The number of nitrogens with one attached hydrogen (secondary N) is 1. The molecule has 0 saturated heterocycles. The highest BCUT2D eigenvalue weighted by atomic mass is 32.1. The Hall–Kier alpha value is -3.49. The predicted octanol–water partition coefficient (Wildman–Crippen LogP) is 5.99. The first-order valence-corrected chi connectivity index (χ1v) is 13.4. The minimum atomic E-state index is -0.211. The number of ether oxygens (including phenoxy) is 1. The van der Waals surface area contributed by atoms with Crippen molar-refractivity contribution in [3.63, 3.8) is 0 Å². The van der Waals surface area contributed by atoms with Crippen molar-refractivity contribution < 1.29 is 9.53 Å². The molecular weight excluding hydrogens is 482 g/mol. The lowest BCUT2D eigenvalue weighted by Gasteiger charge is -2.18. The van der Waals surface area contributed by atoms with Gasteiger partial charge in [-0.2, -0.15) is 5.10 Å². The second-order valence-electron chi connectivity index (χ2n) is 9.84. The SMILES string of the molecule is Cc1ccc(OCCN(C)C)cc1C(=O)N[C@H](C)c1cc(-c2cnn(C(C)C)c2)cc(-c2cncs2)c1. The lowest BCUT2D eigenvalue weighted by Crippen LogP contribution is -2.27. The zero-order chi connectivity index (χ0) is 26.5. The van der Waals surface area contributed by atoms with Crippen LogP contribution in [0.1, 0.15) is 54.3 Å². The molecule has 0 fully saturated rings. The van der Waals surface area contributed by atoms with Gasteiger partial charge in [-0.3, -0.25) is 14.5 Å². The van der Waals surface area contributed by atoms with Crippen LogP contribution in [0.5, 0.6) is 5.75 Å². The van der Waals surface area contributed by atoms with Gasteiger partial charge in [-0.25, -0.2) is 0 Å². The van der Waals surface area contributed by atoms with Crippen LogP contribution >= 0.6 is 11.3 Å². The number of carbonyl (C=O) groups is 1. The molecule has 0 spiro atoms. The highest BCUT2D eigenvalue weighted by Crippen LogP contribution is 2.32. The standard InChI is InChI=1S/C29H35N5O2S/c1-19(2)34-17-25(15-31-34)23-11-22(12-24(13-23)28-16-30-18-37-28)21(4)32-29(35)27-14-26(8-7-20(27)3)36-10-9-33(5)6/h7-8,11-19,21H,9-10H2,1-6H3,(H,32,35)/t21-/m1/s1. The first-order valence-electron chi connectivity index (χ1n) is 12.5. The Morgan fingerprint density at radius 1 is 1.08 bits per heavy atom. The normalized spacial score (nSPS) is 12.2. The van der Waals surface area contributed by atoms with E-state index < -0.39 is 0 Å². The van der Waals surface area contributed by atoms with Crippen molar-refractivity contribution in [1.29, 1.82) is 0 Å². The number of amides is 1. The summed E-state index contributed by atoms with van der Waals surface area (Å²) in [7, 11) is 4.01. The number of thiazole rings is 1. The molecule has 2 heterocycles. The van der Waals surface area contributed by atoms with E-state index in [0.29, 0.717) is 17.9 Å². The maximum atomic E-state index is 13.3. The van der Waals surface area contributed by atoms with Crippen molar-refractivity contribution in [3.05, 3.63) is 77.2 Å². The van der Waals surface area contributed by atoms with Crippen molar-refractivity contribution in [2.24, 2.45) is 0 Å². The molecule has 4 rings (SSSR count). The van der Waals surface area contributed by atoms with Crippen LogP contribution in [0.4, 0.5) is 0 Å². The molecule has 8 heteroatoms. The van der Waals surface area contributed by atoms with E-state index in [-0.39, 0.29) is 18.0 Å². The number of aromatic nitrogens is 3. The molecule has 2 aromatic carbocycles. The Kier molecular flexibility index (Phi) is 8.41. The molecule has 0 aliphatic heterocycles. The Morgan fingerprint density at radius 3 is 2.54 bits per heavy atom. The van der Waals surface area contributed by atoms with E-state index in [9.17, 15) is 4.79 Å². The molecule has 0 saturated carbocycles. The highest BCUT2D eigenvalue weighted by molar-refractivity contribution is 7.13. The molecule has 1 atom stereocenters. The van der Waals surface area contributed by atoms with Crippen molar-refractivity contribution in [3.8, 4) is 27.3 Å². The van der Waals surface area contributed by atoms with E-state index in [0.717, 1.165) is 39.2 Å². The molecule has 4 aromatic rings. The van der Waals surface area contributed by atoms with E-state index in [2.05, 4.69) is 58.5 Å². The zero-order valence-corrected chi connectivity index (χ0v) is 23.2. The molecule has 1 amide bonds. The molecule has 0 radical (unpaired) electrons. The topological polar surface area (TPSA) is 72.3 Å². The predicted molar refractivity (Wildman–Crippen MR) is 150 cm³/mol. The fourth-order valence-corrected chi connectivity index (χ4v) is 4.59. The van der Waals surface area contributed by atoms with Crippen LogP contribution in [0.25, 0.3) is 21.6 Å². The average Bonchev–Trinajstić information content (AvgIpc) is 3.57. The lowest BCUT2D eigenvalue weighted by atomic mass is 9.97. The van der Waals surface area contributed by atoms with Gasteiger partial charge in [0.25, 0.3) is 5.91 Å². The minimum Gasteiger partial charge on any atom is -0.492 e. The number of aryl methyl sites for hydroxylation is 1. The van der Waals surface area contributed by atoms with Crippen molar-refractivity contribution in [1.82, 2.24) is 25.0 Å². The monoisotopic (exact) mass is 517 g/mol. The summed E-state index contributed by atoms with van der Waals surface area (Å²) >= 11 is 1.60. The highest BCUT2D eigenvalue weighted by Gasteiger charge is 2.17. The summed E-state index contributed by atoms with van der Waals surface area (Å²) in [5.74, 6) is 0.572. The second kappa shape index (κ2) is 11.7. The van der Waals surface area contributed by atoms with Crippen molar-refractivity contribution in [2.45, 2.75) is 39.8 Å². The van der Waals surface area contributed by atoms with Crippen LogP contribution in [-0.2, 0) is 0 Å². The van der Waals surface area contributed by atoms with Crippen LogP contribution in [0.15, 0.2) is 60.5 Å². The van der Waals surface area contributed by atoms with E-state index in [1.165, 1.54) is 0 Å². The maximum absolute atomic E-state index is 13.3. The van der Waals surface area contributed by atoms with E-state index >= 15 is 0 Å². The van der Waals surface area contributed by atoms with Gasteiger partial charge < -0.3 is 15.0 Å². The Labute approximate surface area is 223 Å². The van der Waals surface area contributed by atoms with Crippen molar-refractivity contribution in [2.75, 3.05) is 27.2 Å². The van der Waals surface area contributed by atoms with E-state index in [1.54, 1.807) is 11.3 Å². The largest absolute Gasteiger partial charge is 0.492 e. The van der Waals surface area contributed by atoms with Crippen molar-refractivity contribution >= 4 is 17.2 Å². The summed E-state index contributed by atoms with van der Waals surface area (Å²) in [4.78, 5) is 20.7. The van der Waals surface area contributed by atoms with Gasteiger partial charge in [0, 0.05) is 36.1 Å². The van der Waals surface area contributed by atoms with Crippen LogP contribution in [0.2, 0.25) is 0 Å². The maximum Gasteiger partial charge on any atom is 0.252 e. The van der Waals surface area contributed by atoms with Crippen LogP contribution in [0.3, 0.4) is 0 Å². The molecule has 2 aromatic heterocycles. The molecule has 0 aliphatic carbocycles. The number of nitrogens with zero attached hydrogens (tertiary/aromatic N) is 4. The third-order valence-corrected chi connectivity index (χ3v) is 7.07. The number of rotatable bonds is 10. The third kappa shape index (κ3) is 6.64. The minimum absolute atomic E-state index is 0.125. The first-order chi connectivity index (χ1) is 17.7. The van der Waals surface area contributed by atoms with Gasteiger partial charge in [-0.1, -0.05) is 6.07 Å². The summed E-state index contributed by atoms with van der Waals surface area (Å²) in [6.45, 7) is 9.54. The molecule has 0 unspecified atom stereocenters. The number of carbonyl (C=O) groups excluding carboxylic acids is 1. The average molecular weight is 518 g/mol. The van der Waals surface area contributed by atoms with Gasteiger partial charge in [-0.15, -0.1) is 11.3 Å². The van der Waals surface area contributed by atoms with Crippen LogP contribution in [-0.4, -0.2) is 52.8 Å². The van der Waals surface area contributed by atoms with Gasteiger partial charge in [0.05, 0.1) is 22.6 Å². The molecule has 37 heavy (non-hydrogen) atoms. The smallest absolute Gasteiger partial charge is 0.252 e. The Bertz CT molecular complexity index is 1340. The first kappa shape index (κ1) is 26.6. The van der Waals surface area contributed by atoms with Gasteiger partial charge >= 0.3 is 0 Å². The van der Waals surface area contributed by atoms with E-state index in [1.807, 2.05) is 68.7 Å². The molecule has 1 N–H and O–H groups in total. The van der Waals surface area contributed by atoms with E-state index in [4.69, 9.17) is 4.74 Å². The number of hydrogen-bond donors (Lipinski definition) is 1.